The van der Waals surface area contributed by atoms with Crippen molar-refractivity contribution in [3.63, 3.8) is 0 Å². The lowest BCUT2D eigenvalue weighted by atomic mass is 10.3. The Kier molecular flexibility index (Phi) is 3.78. The maximum Gasteiger partial charge on any atom is 0.354 e. The maximum atomic E-state index is 10.8. The van der Waals surface area contributed by atoms with E-state index >= 15 is 0 Å². The van der Waals surface area contributed by atoms with Crippen molar-refractivity contribution < 1.29 is 14.6 Å². The summed E-state index contributed by atoms with van der Waals surface area (Å²) in [6.07, 6.45) is 0. The predicted octanol–water partition coefficient (Wildman–Crippen LogP) is 3.46. The van der Waals surface area contributed by atoms with Crippen LogP contribution in [0.1, 0.15) is 10.5 Å². The van der Waals surface area contributed by atoms with E-state index in [9.17, 15) is 4.79 Å². The van der Waals surface area contributed by atoms with Crippen LogP contribution in [0.2, 0.25) is 10.0 Å². The minimum Gasteiger partial charge on any atom is -0.477 e. The van der Waals surface area contributed by atoms with Crippen LogP contribution >= 0.6 is 23.2 Å². The summed E-state index contributed by atoms with van der Waals surface area (Å²) in [5, 5.41) is 9.37. The zero-order valence-electron chi connectivity index (χ0n) is 9.43. The monoisotopic (exact) mass is 298 g/mol. The molecule has 1 aromatic heterocycles. The highest BCUT2D eigenvalue weighted by Gasteiger charge is 2.13. The Balaban J connectivity index is 2.40. The van der Waals surface area contributed by atoms with Gasteiger partial charge in [-0.15, -0.1) is 0 Å². The second kappa shape index (κ2) is 5.34. The van der Waals surface area contributed by atoms with Gasteiger partial charge >= 0.3 is 5.97 Å². The molecule has 0 aliphatic heterocycles. The molecule has 0 fully saturated rings. The van der Waals surface area contributed by atoms with Gasteiger partial charge in [0.25, 0.3) is 0 Å². The topological polar surface area (TPSA) is 85.4 Å². The fraction of sp³-hybridized carbons (Fsp3) is 0. The van der Waals surface area contributed by atoms with E-state index in [0.717, 1.165) is 0 Å². The minimum atomic E-state index is -1.18. The van der Waals surface area contributed by atoms with Crippen molar-refractivity contribution in [3.05, 3.63) is 46.1 Å². The number of hydrogen-bond acceptors (Lipinski definition) is 4. The van der Waals surface area contributed by atoms with Gasteiger partial charge in [-0.1, -0.05) is 29.3 Å². The molecule has 7 heteroatoms. The number of halogens is 2. The third kappa shape index (κ3) is 2.89. The standard InChI is InChI=1S/C12H8Cl2N2O3/c13-6-2-1-3-9(10(6)14)19-11-7(15)4-5-8(16-11)12(17)18/h1-5H,15H2,(H,17,18). The Bertz CT molecular complexity index is 647. The number of aromatic carboxylic acids is 1. The van der Waals surface area contributed by atoms with Gasteiger partial charge in [-0.2, -0.15) is 0 Å². The second-order valence-electron chi connectivity index (χ2n) is 3.55. The first-order valence-electron chi connectivity index (χ1n) is 5.10. The summed E-state index contributed by atoms with van der Waals surface area (Å²) in [7, 11) is 0. The number of nitrogen functional groups attached to an aromatic ring is 1. The van der Waals surface area contributed by atoms with Crippen molar-refractivity contribution in [2.24, 2.45) is 0 Å². The SMILES string of the molecule is Nc1ccc(C(=O)O)nc1Oc1cccc(Cl)c1Cl. The number of aromatic nitrogens is 1. The third-order valence-corrected chi connectivity index (χ3v) is 3.03. The molecular formula is C12H8Cl2N2O3. The van der Waals surface area contributed by atoms with Crippen molar-refractivity contribution in [2.75, 3.05) is 5.73 Å². The van der Waals surface area contributed by atoms with Gasteiger partial charge in [-0.3, -0.25) is 0 Å². The van der Waals surface area contributed by atoms with Crippen molar-refractivity contribution in [2.45, 2.75) is 0 Å². The summed E-state index contributed by atoms with van der Waals surface area (Å²) in [4.78, 5) is 14.6. The number of carboxylic acids is 1. The lowest BCUT2D eigenvalue weighted by Crippen LogP contribution is -2.03. The number of hydrogen-bond donors (Lipinski definition) is 2. The Labute approximate surface area is 118 Å². The molecule has 1 heterocycles. The first-order valence-corrected chi connectivity index (χ1v) is 5.86. The Hall–Kier alpha value is -1.98. The Morgan fingerprint density at radius 1 is 1.26 bits per heavy atom. The van der Waals surface area contributed by atoms with Crippen LogP contribution in [0.25, 0.3) is 0 Å². The Morgan fingerprint density at radius 3 is 2.68 bits per heavy atom. The molecule has 1 aromatic carbocycles. The fourth-order valence-electron chi connectivity index (χ4n) is 1.32. The van der Waals surface area contributed by atoms with Gasteiger partial charge < -0.3 is 15.6 Å². The summed E-state index contributed by atoms with van der Waals surface area (Å²) >= 11 is 11.8. The summed E-state index contributed by atoms with van der Waals surface area (Å²) < 4.78 is 5.40. The number of ether oxygens (including phenoxy) is 1. The van der Waals surface area contributed by atoms with E-state index < -0.39 is 5.97 Å². The van der Waals surface area contributed by atoms with Gasteiger partial charge in [0.15, 0.2) is 5.69 Å². The maximum absolute atomic E-state index is 10.8. The first kappa shape index (κ1) is 13.5. The van der Waals surface area contributed by atoms with Gasteiger partial charge in [-0.05, 0) is 24.3 Å². The molecule has 0 amide bonds. The van der Waals surface area contributed by atoms with E-state index in [1.54, 1.807) is 18.2 Å². The van der Waals surface area contributed by atoms with Crippen LogP contribution in [-0.2, 0) is 0 Å². The van der Waals surface area contributed by atoms with E-state index in [4.69, 9.17) is 38.8 Å². The molecule has 0 saturated heterocycles. The quantitative estimate of drug-likeness (QED) is 0.906. The number of carbonyl (C=O) groups is 1. The van der Waals surface area contributed by atoms with Gasteiger partial charge in [0.1, 0.15) is 10.8 Å². The number of anilines is 1. The normalized spacial score (nSPS) is 10.2. The fourth-order valence-corrected chi connectivity index (χ4v) is 1.65. The molecule has 19 heavy (non-hydrogen) atoms. The van der Waals surface area contributed by atoms with Crippen LogP contribution in [0.15, 0.2) is 30.3 Å². The largest absolute Gasteiger partial charge is 0.477 e. The second-order valence-corrected chi connectivity index (χ2v) is 4.34. The molecule has 2 aromatic rings. The molecule has 0 bridgehead atoms. The van der Waals surface area contributed by atoms with E-state index in [1.165, 1.54) is 12.1 Å². The highest BCUT2D eigenvalue weighted by molar-refractivity contribution is 6.42. The zero-order valence-corrected chi connectivity index (χ0v) is 10.9. The molecule has 0 saturated carbocycles. The highest BCUT2D eigenvalue weighted by Crippen LogP contribution is 2.35. The van der Waals surface area contributed by atoms with Crippen LogP contribution in [0.5, 0.6) is 11.6 Å². The zero-order chi connectivity index (χ0) is 14.0. The number of rotatable bonds is 3. The van der Waals surface area contributed by atoms with Crippen LogP contribution in [0.3, 0.4) is 0 Å². The molecule has 0 aliphatic rings. The number of carboxylic acid groups (broad SMARTS) is 1. The highest BCUT2D eigenvalue weighted by atomic mass is 35.5. The van der Waals surface area contributed by atoms with Crippen LogP contribution < -0.4 is 10.5 Å². The molecule has 0 atom stereocenters. The van der Waals surface area contributed by atoms with Gasteiger partial charge in [0.05, 0.1) is 10.7 Å². The molecule has 3 N–H and O–H groups in total. The minimum absolute atomic E-state index is 0.0379. The molecule has 0 aliphatic carbocycles. The molecular weight excluding hydrogens is 291 g/mol. The van der Waals surface area contributed by atoms with Crippen molar-refractivity contribution in [1.29, 1.82) is 0 Å². The Morgan fingerprint density at radius 2 is 2.00 bits per heavy atom. The number of pyridine rings is 1. The number of nitrogens with zero attached hydrogens (tertiary/aromatic N) is 1. The molecule has 5 nitrogen and oxygen atoms in total. The van der Waals surface area contributed by atoms with E-state index in [1.807, 2.05) is 0 Å². The van der Waals surface area contributed by atoms with E-state index in [0.29, 0.717) is 5.02 Å². The van der Waals surface area contributed by atoms with Crippen molar-refractivity contribution in [3.8, 4) is 11.6 Å². The molecule has 0 spiro atoms. The third-order valence-electron chi connectivity index (χ3n) is 2.23. The van der Waals surface area contributed by atoms with Crippen LogP contribution in [0, 0.1) is 0 Å². The van der Waals surface area contributed by atoms with Crippen molar-refractivity contribution >= 4 is 34.9 Å². The van der Waals surface area contributed by atoms with Crippen LogP contribution in [0.4, 0.5) is 5.69 Å². The summed E-state index contributed by atoms with van der Waals surface area (Å²) in [6, 6.07) is 7.49. The van der Waals surface area contributed by atoms with Crippen molar-refractivity contribution in [1.82, 2.24) is 4.98 Å². The average Bonchev–Trinajstić information content (AvgIpc) is 2.37. The molecule has 98 valence electrons. The smallest absolute Gasteiger partial charge is 0.354 e. The van der Waals surface area contributed by atoms with Gasteiger partial charge in [0, 0.05) is 0 Å². The summed E-state index contributed by atoms with van der Waals surface area (Å²) in [5.74, 6) is -0.970. The molecule has 0 unspecified atom stereocenters. The lowest BCUT2D eigenvalue weighted by molar-refractivity contribution is 0.0689. The summed E-state index contributed by atoms with van der Waals surface area (Å²) in [6.45, 7) is 0. The van der Waals surface area contributed by atoms with Gasteiger partial charge in [-0.25, -0.2) is 9.78 Å². The average molecular weight is 299 g/mol. The molecule has 0 radical (unpaired) electrons. The van der Waals surface area contributed by atoms with E-state index in [-0.39, 0.29) is 28.0 Å². The number of benzene rings is 1. The summed E-state index contributed by atoms with van der Waals surface area (Å²) in [5.41, 5.74) is 5.69. The predicted molar refractivity (Wildman–Crippen MR) is 72.1 cm³/mol. The molecule has 2 rings (SSSR count). The van der Waals surface area contributed by atoms with E-state index in [2.05, 4.69) is 4.98 Å². The number of nitrogens with two attached hydrogens (primary N) is 1. The van der Waals surface area contributed by atoms with Gasteiger partial charge in [0.2, 0.25) is 5.88 Å². The lowest BCUT2D eigenvalue weighted by Gasteiger charge is -2.09. The van der Waals surface area contributed by atoms with Crippen LogP contribution in [-0.4, -0.2) is 16.1 Å². The first-order chi connectivity index (χ1) is 8.99.